The fraction of sp³-hybridized carbons (Fsp3) is 0.375. The first kappa shape index (κ1) is 24.5. The second kappa shape index (κ2) is 10.2. The largest absolute Gasteiger partial charge is 0.343 e. The van der Waals surface area contributed by atoms with Crippen molar-refractivity contribution < 1.29 is 14.4 Å². The first-order valence-electron chi connectivity index (χ1n) is 13.7. The zero-order valence-corrected chi connectivity index (χ0v) is 21.6. The Kier molecular flexibility index (Phi) is 6.56. The molecule has 194 valence electrons. The number of pyridine rings is 1. The molecule has 0 N–H and O–H groups in total. The van der Waals surface area contributed by atoms with E-state index in [1.54, 1.807) is 30.5 Å². The van der Waals surface area contributed by atoms with E-state index in [0.29, 0.717) is 36.6 Å². The maximum absolute atomic E-state index is 13.5. The van der Waals surface area contributed by atoms with Crippen LogP contribution in [0.4, 0.5) is 0 Å². The Morgan fingerprint density at radius 3 is 2.11 bits per heavy atom. The molecule has 2 aromatic carbocycles. The Bertz CT molecular complexity index is 1340. The number of benzene rings is 2. The molecule has 1 aliphatic carbocycles. The van der Waals surface area contributed by atoms with Gasteiger partial charge in [0.15, 0.2) is 5.78 Å². The molecule has 38 heavy (non-hydrogen) atoms. The third kappa shape index (κ3) is 4.75. The van der Waals surface area contributed by atoms with E-state index in [2.05, 4.69) is 29.2 Å². The van der Waals surface area contributed by atoms with Gasteiger partial charge >= 0.3 is 0 Å². The summed E-state index contributed by atoms with van der Waals surface area (Å²) in [6, 6.07) is 20.9. The van der Waals surface area contributed by atoms with Crippen molar-refractivity contribution in [1.29, 1.82) is 0 Å². The van der Waals surface area contributed by atoms with Crippen LogP contribution in [-0.4, -0.2) is 58.6 Å². The Hall–Kier alpha value is -3.80. The number of piperidine rings is 1. The van der Waals surface area contributed by atoms with Gasteiger partial charge in [0.05, 0.1) is 5.56 Å². The maximum Gasteiger partial charge on any atom is 0.273 e. The number of amides is 2. The lowest BCUT2D eigenvalue weighted by molar-refractivity contribution is -0.134. The van der Waals surface area contributed by atoms with Crippen molar-refractivity contribution >= 4 is 17.6 Å². The fourth-order valence-corrected chi connectivity index (χ4v) is 6.57. The number of rotatable bonds is 5. The van der Waals surface area contributed by atoms with Crippen LogP contribution in [0.2, 0.25) is 0 Å². The van der Waals surface area contributed by atoms with Gasteiger partial charge in [0.25, 0.3) is 5.91 Å². The van der Waals surface area contributed by atoms with E-state index in [1.165, 1.54) is 11.1 Å². The van der Waals surface area contributed by atoms with Crippen LogP contribution in [0.15, 0.2) is 72.9 Å². The van der Waals surface area contributed by atoms with Crippen LogP contribution in [-0.2, 0) is 17.6 Å². The van der Waals surface area contributed by atoms with Crippen molar-refractivity contribution in [3.8, 4) is 0 Å². The lowest BCUT2D eigenvalue weighted by Crippen LogP contribution is -2.45. The minimum Gasteiger partial charge on any atom is -0.343 e. The molecule has 2 fully saturated rings. The number of ketones is 1. The number of hydrogen-bond donors (Lipinski definition) is 0. The molecule has 0 bridgehead atoms. The highest BCUT2D eigenvalue weighted by Crippen LogP contribution is 2.41. The zero-order chi connectivity index (χ0) is 26.1. The quantitative estimate of drug-likeness (QED) is 0.475. The molecule has 2 amide bonds. The molecule has 6 heteroatoms. The molecule has 6 rings (SSSR count). The van der Waals surface area contributed by atoms with Gasteiger partial charge < -0.3 is 9.80 Å². The summed E-state index contributed by atoms with van der Waals surface area (Å²) in [6.45, 7) is 2.81. The van der Waals surface area contributed by atoms with Crippen molar-refractivity contribution in [2.45, 2.75) is 38.5 Å². The van der Waals surface area contributed by atoms with E-state index in [0.717, 1.165) is 45.2 Å². The third-order valence-corrected chi connectivity index (χ3v) is 8.79. The predicted molar refractivity (Wildman–Crippen MR) is 145 cm³/mol. The highest BCUT2D eigenvalue weighted by atomic mass is 16.2. The van der Waals surface area contributed by atoms with Crippen molar-refractivity contribution in [3.63, 3.8) is 0 Å². The predicted octanol–water partition coefficient (Wildman–Crippen LogP) is 4.57. The van der Waals surface area contributed by atoms with Crippen LogP contribution in [0, 0.1) is 11.3 Å². The molecule has 6 nitrogen and oxygen atoms in total. The van der Waals surface area contributed by atoms with Crippen LogP contribution in [0.5, 0.6) is 0 Å². The van der Waals surface area contributed by atoms with Gasteiger partial charge in [-0.25, -0.2) is 0 Å². The Labute approximate surface area is 223 Å². The number of fused-ring (bicyclic) bond motifs is 1. The first-order valence-corrected chi connectivity index (χ1v) is 13.7. The molecule has 0 radical (unpaired) electrons. The average Bonchev–Trinajstić information content (AvgIpc) is 3.57. The van der Waals surface area contributed by atoms with Gasteiger partial charge in [-0.3, -0.25) is 19.4 Å². The van der Waals surface area contributed by atoms with Crippen LogP contribution < -0.4 is 0 Å². The van der Waals surface area contributed by atoms with Crippen LogP contribution in [0.1, 0.15) is 63.2 Å². The van der Waals surface area contributed by atoms with E-state index >= 15 is 0 Å². The lowest BCUT2D eigenvalue weighted by Gasteiger charge is -2.39. The van der Waals surface area contributed by atoms with Crippen LogP contribution in [0.25, 0.3) is 0 Å². The molecule has 2 saturated heterocycles. The summed E-state index contributed by atoms with van der Waals surface area (Å²) in [4.78, 5) is 48.0. The fourth-order valence-electron chi connectivity index (χ4n) is 6.57. The monoisotopic (exact) mass is 507 g/mol. The van der Waals surface area contributed by atoms with Crippen molar-refractivity contribution in [1.82, 2.24) is 14.8 Å². The molecule has 3 aliphatic rings. The first-order chi connectivity index (χ1) is 18.5. The second-order valence-corrected chi connectivity index (χ2v) is 11.2. The third-order valence-electron chi connectivity index (χ3n) is 8.79. The Balaban J connectivity index is 1.06. The number of hydrogen-bond acceptors (Lipinski definition) is 4. The van der Waals surface area contributed by atoms with E-state index in [1.807, 2.05) is 28.0 Å². The standard InChI is InChI=1S/C32H33N3O3/c36-28(21-23-19-25-9-4-5-10-26(25)20-23)34-16-12-32(13-17-34)14-18-35(22-32)31(38)29-27(11-6-15-33-29)30(37)24-7-2-1-3-8-24/h1-11,15,23H,12-14,16-22H2. The van der Waals surface area contributed by atoms with E-state index in [4.69, 9.17) is 0 Å². The molecule has 0 atom stereocenters. The van der Waals surface area contributed by atoms with E-state index < -0.39 is 0 Å². The second-order valence-electron chi connectivity index (χ2n) is 11.2. The van der Waals surface area contributed by atoms with E-state index in [9.17, 15) is 14.4 Å². The van der Waals surface area contributed by atoms with Crippen molar-refractivity contribution in [3.05, 3.63) is 101 Å². The summed E-state index contributed by atoms with van der Waals surface area (Å²) in [5.74, 6) is 0.303. The summed E-state index contributed by atoms with van der Waals surface area (Å²) in [7, 11) is 0. The smallest absolute Gasteiger partial charge is 0.273 e. The summed E-state index contributed by atoms with van der Waals surface area (Å²) in [5, 5.41) is 0. The molecular weight excluding hydrogens is 474 g/mol. The summed E-state index contributed by atoms with van der Waals surface area (Å²) < 4.78 is 0. The summed E-state index contributed by atoms with van der Waals surface area (Å²) >= 11 is 0. The SMILES string of the molecule is O=C(c1ccccc1)c1cccnc1C(=O)N1CCC2(CCN(C(=O)CC3Cc4ccccc4C3)CC2)C1. The molecule has 0 unspecified atom stereocenters. The minimum absolute atomic E-state index is 0.0361. The van der Waals surface area contributed by atoms with Crippen LogP contribution in [0.3, 0.4) is 0 Å². The van der Waals surface area contributed by atoms with Crippen molar-refractivity contribution in [2.24, 2.45) is 11.3 Å². The molecule has 2 aliphatic heterocycles. The van der Waals surface area contributed by atoms with Gasteiger partial charge in [-0.2, -0.15) is 0 Å². The highest BCUT2D eigenvalue weighted by molar-refractivity contribution is 6.14. The average molecular weight is 508 g/mol. The molecule has 3 aromatic rings. The molecule has 1 aromatic heterocycles. The van der Waals surface area contributed by atoms with Gasteiger partial charge in [0.2, 0.25) is 5.91 Å². The number of carbonyl (C=O) groups is 3. The van der Waals surface area contributed by atoms with Gasteiger partial charge in [-0.15, -0.1) is 0 Å². The number of likely N-dealkylation sites (tertiary alicyclic amines) is 2. The molecular formula is C32H33N3O3. The Morgan fingerprint density at radius 1 is 0.789 bits per heavy atom. The van der Waals surface area contributed by atoms with Gasteiger partial charge in [0, 0.05) is 44.4 Å². The van der Waals surface area contributed by atoms with Gasteiger partial charge in [-0.05, 0) is 66.7 Å². The molecule has 1 spiro atoms. The highest BCUT2D eigenvalue weighted by Gasteiger charge is 2.43. The topological polar surface area (TPSA) is 70.6 Å². The zero-order valence-electron chi connectivity index (χ0n) is 21.6. The van der Waals surface area contributed by atoms with E-state index in [-0.39, 0.29) is 28.7 Å². The Morgan fingerprint density at radius 2 is 1.42 bits per heavy atom. The normalized spacial score (nSPS) is 18.5. The number of aromatic nitrogens is 1. The number of carbonyl (C=O) groups excluding carboxylic acids is 3. The maximum atomic E-state index is 13.5. The molecule has 0 saturated carbocycles. The summed E-state index contributed by atoms with van der Waals surface area (Å²) in [6.07, 6.45) is 6.93. The van der Waals surface area contributed by atoms with Crippen molar-refractivity contribution in [2.75, 3.05) is 26.2 Å². The van der Waals surface area contributed by atoms with Gasteiger partial charge in [-0.1, -0.05) is 54.6 Å². The van der Waals surface area contributed by atoms with Crippen LogP contribution >= 0.6 is 0 Å². The molecule has 3 heterocycles. The lowest BCUT2D eigenvalue weighted by atomic mass is 9.77. The minimum atomic E-state index is -0.187. The summed E-state index contributed by atoms with van der Waals surface area (Å²) in [5.41, 5.74) is 3.93. The number of nitrogens with zero attached hydrogens (tertiary/aromatic N) is 3. The van der Waals surface area contributed by atoms with Gasteiger partial charge in [0.1, 0.15) is 5.69 Å².